The van der Waals surface area contributed by atoms with E-state index in [0.29, 0.717) is 0 Å². The Morgan fingerprint density at radius 3 is 0.778 bits per heavy atom. The van der Waals surface area contributed by atoms with Gasteiger partial charge in [0.15, 0.2) is 0 Å². The Balaban J connectivity index is 0. The van der Waals surface area contributed by atoms with Crippen LogP contribution in [0.1, 0.15) is 0 Å². The molecular weight excluding hydrogens is 124 g/mol. The monoisotopic (exact) mass is 138 g/mol. The molecule has 0 radical (unpaired) electrons. The summed E-state index contributed by atoms with van der Waals surface area (Å²) >= 11 is 0. The van der Waals surface area contributed by atoms with Crippen molar-refractivity contribution in [1.82, 2.24) is 0 Å². The van der Waals surface area contributed by atoms with Gasteiger partial charge in [0.25, 0.3) is 0 Å². The fourth-order valence-electron chi connectivity index (χ4n) is 0.385. The van der Waals surface area contributed by atoms with E-state index < -0.39 is 0 Å². The molecule has 0 bridgehead atoms. The third-order valence-electron chi connectivity index (χ3n) is 0.667. The van der Waals surface area contributed by atoms with Gasteiger partial charge in [-0.2, -0.15) is 0 Å². The summed E-state index contributed by atoms with van der Waals surface area (Å²) in [5, 5.41) is 0. The van der Waals surface area contributed by atoms with Crippen LogP contribution in [-0.4, -0.2) is 11.0 Å². The van der Waals surface area contributed by atoms with E-state index in [1.807, 2.05) is 36.4 Å². The van der Waals surface area contributed by atoms with Gasteiger partial charge in [-0.05, 0) is 11.0 Å². The Labute approximate surface area is 61.3 Å². The lowest BCUT2D eigenvalue weighted by Crippen LogP contribution is -1.47. The minimum Gasteiger partial charge on any atom is -0.106 e. The highest BCUT2D eigenvalue weighted by Gasteiger charge is 1.57. The number of benzene rings is 1. The minimum atomic E-state index is 0. The summed E-state index contributed by atoms with van der Waals surface area (Å²) in [4.78, 5) is 0. The van der Waals surface area contributed by atoms with Gasteiger partial charge in [-0.15, -0.1) is 13.2 Å². The second kappa shape index (κ2) is 10.2. The topological polar surface area (TPSA) is 0 Å². The zero-order chi connectivity index (χ0) is 6.24. The Morgan fingerprint density at radius 1 is 0.556 bits per heavy atom. The summed E-state index contributed by atoms with van der Waals surface area (Å²) in [5.41, 5.74) is 0. The summed E-state index contributed by atoms with van der Waals surface area (Å²) in [6.07, 6.45) is 0. The second-order valence-corrected chi connectivity index (χ2v) is 1.15. The van der Waals surface area contributed by atoms with E-state index in [4.69, 9.17) is 0 Å². The van der Waals surface area contributed by atoms with Crippen molar-refractivity contribution in [2.45, 2.75) is 0 Å². The summed E-state index contributed by atoms with van der Waals surface area (Å²) in [6, 6.07) is 12.0. The molecule has 0 spiro atoms. The molecule has 0 saturated heterocycles. The maximum absolute atomic E-state index is 3.00. The Morgan fingerprint density at radius 2 is 0.667 bits per heavy atom. The molecule has 0 saturated carbocycles. The molecular formula is C8H14Si. The molecule has 0 heterocycles. The zero-order valence-corrected chi connectivity index (χ0v) is 4.88. The van der Waals surface area contributed by atoms with E-state index in [0.717, 1.165) is 0 Å². The van der Waals surface area contributed by atoms with Crippen LogP contribution in [0.5, 0.6) is 0 Å². The molecule has 9 heavy (non-hydrogen) atoms. The Kier molecular flexibility index (Phi) is 12.5. The SMILES string of the molecule is C=C.[SiH4].c1ccccc1. The first-order chi connectivity index (χ1) is 4.00. The van der Waals surface area contributed by atoms with Gasteiger partial charge in [0.2, 0.25) is 0 Å². The normalized spacial score (nSPS) is 5.78. The van der Waals surface area contributed by atoms with Crippen LogP contribution >= 0.6 is 0 Å². The third kappa shape index (κ3) is 7.18. The van der Waals surface area contributed by atoms with E-state index in [-0.39, 0.29) is 11.0 Å². The lowest BCUT2D eigenvalue weighted by atomic mass is 10.4. The van der Waals surface area contributed by atoms with Crippen molar-refractivity contribution in [1.29, 1.82) is 0 Å². The molecule has 1 rings (SSSR count). The molecule has 0 atom stereocenters. The quantitative estimate of drug-likeness (QED) is 0.371. The van der Waals surface area contributed by atoms with Gasteiger partial charge in [0, 0.05) is 0 Å². The second-order valence-electron chi connectivity index (χ2n) is 1.15. The van der Waals surface area contributed by atoms with Gasteiger partial charge in [-0.25, -0.2) is 0 Å². The van der Waals surface area contributed by atoms with Crippen molar-refractivity contribution in [2.75, 3.05) is 0 Å². The molecule has 0 aromatic heterocycles. The first-order valence-electron chi connectivity index (χ1n) is 2.50. The highest BCUT2D eigenvalue weighted by atomic mass is 28.1. The molecule has 1 heteroatoms. The van der Waals surface area contributed by atoms with E-state index in [2.05, 4.69) is 13.2 Å². The van der Waals surface area contributed by atoms with Gasteiger partial charge in [0.1, 0.15) is 0 Å². The van der Waals surface area contributed by atoms with E-state index >= 15 is 0 Å². The molecule has 0 fully saturated rings. The standard InChI is InChI=1S/C6H6.C2H4.H4Si/c1-2-4-6-5-3-1;1-2;/h1-6H;1-2H2;1H4. The molecule has 0 aliphatic carbocycles. The van der Waals surface area contributed by atoms with Gasteiger partial charge in [-0.3, -0.25) is 0 Å². The van der Waals surface area contributed by atoms with Crippen molar-refractivity contribution in [2.24, 2.45) is 0 Å². The van der Waals surface area contributed by atoms with Crippen LogP contribution in [0.4, 0.5) is 0 Å². The molecule has 0 amide bonds. The van der Waals surface area contributed by atoms with Crippen molar-refractivity contribution in [3.8, 4) is 0 Å². The van der Waals surface area contributed by atoms with Crippen LogP contribution < -0.4 is 0 Å². The van der Waals surface area contributed by atoms with E-state index in [1.54, 1.807) is 0 Å². The number of rotatable bonds is 0. The molecule has 50 valence electrons. The number of hydrogen-bond acceptors (Lipinski definition) is 0. The van der Waals surface area contributed by atoms with Gasteiger partial charge in [-0.1, -0.05) is 36.4 Å². The predicted octanol–water partition coefficient (Wildman–Crippen LogP) is 1.04. The summed E-state index contributed by atoms with van der Waals surface area (Å²) < 4.78 is 0. The Hall–Kier alpha value is -0.823. The van der Waals surface area contributed by atoms with Crippen LogP contribution in [0.3, 0.4) is 0 Å². The smallest absolute Gasteiger partial charge is 0.0149 e. The average molecular weight is 138 g/mol. The van der Waals surface area contributed by atoms with Crippen LogP contribution in [0, 0.1) is 0 Å². The lowest BCUT2D eigenvalue weighted by Gasteiger charge is -1.69. The van der Waals surface area contributed by atoms with Crippen molar-refractivity contribution < 1.29 is 0 Å². The lowest BCUT2D eigenvalue weighted by molar-refractivity contribution is 1.72. The molecule has 0 N–H and O–H groups in total. The fraction of sp³-hybridized carbons (Fsp3) is 0. The molecule has 1 aromatic carbocycles. The van der Waals surface area contributed by atoms with Crippen LogP contribution in [0.2, 0.25) is 0 Å². The molecule has 0 nitrogen and oxygen atoms in total. The van der Waals surface area contributed by atoms with Gasteiger partial charge < -0.3 is 0 Å². The maximum Gasteiger partial charge on any atom is -0.0149 e. The largest absolute Gasteiger partial charge is 0.106 e. The summed E-state index contributed by atoms with van der Waals surface area (Å²) in [7, 11) is 0. The third-order valence-corrected chi connectivity index (χ3v) is 0.667. The first kappa shape index (κ1) is 11.0. The van der Waals surface area contributed by atoms with Crippen LogP contribution in [0.15, 0.2) is 49.6 Å². The van der Waals surface area contributed by atoms with Crippen molar-refractivity contribution in [3.05, 3.63) is 49.6 Å². The molecule has 0 aliphatic rings. The molecule has 0 unspecified atom stereocenters. The van der Waals surface area contributed by atoms with Gasteiger partial charge in [0.05, 0.1) is 0 Å². The average Bonchev–Trinajstić information content (AvgIpc) is 1.96. The minimum absolute atomic E-state index is 0. The van der Waals surface area contributed by atoms with Crippen molar-refractivity contribution >= 4 is 11.0 Å². The van der Waals surface area contributed by atoms with Crippen molar-refractivity contribution in [3.63, 3.8) is 0 Å². The Bertz CT molecular complexity index is 87.4. The highest BCUT2D eigenvalue weighted by molar-refractivity contribution is 5.75. The fourth-order valence-corrected chi connectivity index (χ4v) is 0.385. The molecule has 1 aromatic rings. The van der Waals surface area contributed by atoms with E-state index in [9.17, 15) is 0 Å². The van der Waals surface area contributed by atoms with Crippen LogP contribution in [-0.2, 0) is 0 Å². The maximum atomic E-state index is 3.00. The summed E-state index contributed by atoms with van der Waals surface area (Å²) in [5.74, 6) is 0. The highest BCUT2D eigenvalue weighted by Crippen LogP contribution is 1.79. The molecule has 0 aliphatic heterocycles. The van der Waals surface area contributed by atoms with Crippen LogP contribution in [0.25, 0.3) is 0 Å². The predicted molar refractivity (Wildman–Crippen MR) is 49.0 cm³/mol. The number of hydrogen-bond donors (Lipinski definition) is 0. The van der Waals surface area contributed by atoms with E-state index in [1.165, 1.54) is 0 Å². The first-order valence-corrected chi connectivity index (χ1v) is 2.50. The zero-order valence-electron chi connectivity index (χ0n) is 4.88. The van der Waals surface area contributed by atoms with Gasteiger partial charge >= 0.3 is 0 Å². The summed E-state index contributed by atoms with van der Waals surface area (Å²) in [6.45, 7) is 6.00.